The highest BCUT2D eigenvalue weighted by atomic mass is 35.5. The van der Waals surface area contributed by atoms with Crippen LogP contribution < -0.4 is 0 Å². The molecule has 4 heterocycles. The average molecular weight is 308 g/mol. The number of aromatic nitrogens is 2. The lowest BCUT2D eigenvalue weighted by Gasteiger charge is -2.34. The molecule has 6 heteroatoms. The van der Waals surface area contributed by atoms with Crippen LogP contribution in [0.15, 0.2) is 18.3 Å². The van der Waals surface area contributed by atoms with E-state index < -0.39 is 6.17 Å². The molecule has 0 bridgehead atoms. The third-order valence-electron chi connectivity index (χ3n) is 4.49. The van der Waals surface area contributed by atoms with Gasteiger partial charge in [-0.15, -0.1) is 0 Å². The zero-order valence-corrected chi connectivity index (χ0v) is 12.2. The number of hydrogen-bond donors (Lipinski definition) is 0. The number of halogens is 2. The van der Waals surface area contributed by atoms with E-state index in [0.717, 1.165) is 23.1 Å². The Hall–Kier alpha value is -1.62. The fourth-order valence-electron chi connectivity index (χ4n) is 3.51. The Morgan fingerprint density at radius 3 is 3.00 bits per heavy atom. The number of pyridine rings is 1. The second kappa shape index (κ2) is 4.70. The Morgan fingerprint density at radius 2 is 2.24 bits per heavy atom. The Bertz CT molecular complexity index is 729. The zero-order chi connectivity index (χ0) is 14.6. The highest BCUT2D eigenvalue weighted by Gasteiger charge is 2.38. The molecule has 1 saturated heterocycles. The van der Waals surface area contributed by atoms with Gasteiger partial charge in [0.25, 0.3) is 0 Å². The third-order valence-corrected chi connectivity index (χ3v) is 4.70. The van der Waals surface area contributed by atoms with Gasteiger partial charge in [0, 0.05) is 36.7 Å². The van der Waals surface area contributed by atoms with E-state index in [1.807, 2.05) is 16.7 Å². The third kappa shape index (κ3) is 2.02. The summed E-state index contributed by atoms with van der Waals surface area (Å²) in [7, 11) is 0. The van der Waals surface area contributed by atoms with Crippen LogP contribution in [0.25, 0.3) is 11.0 Å². The minimum Gasteiger partial charge on any atom is -0.336 e. The summed E-state index contributed by atoms with van der Waals surface area (Å²) in [5.74, 6) is 0.0772. The maximum Gasteiger partial charge on any atom is 0.222 e. The molecular formula is C15H15ClFN3O. The van der Waals surface area contributed by atoms with Gasteiger partial charge < -0.3 is 9.47 Å². The van der Waals surface area contributed by atoms with Crippen molar-refractivity contribution in [1.29, 1.82) is 0 Å². The van der Waals surface area contributed by atoms with Crippen LogP contribution in [0.4, 0.5) is 4.39 Å². The molecular weight excluding hydrogens is 293 g/mol. The fraction of sp³-hybridized carbons (Fsp3) is 0.467. The highest BCUT2D eigenvalue weighted by molar-refractivity contribution is 6.31. The van der Waals surface area contributed by atoms with Gasteiger partial charge in [-0.1, -0.05) is 11.6 Å². The van der Waals surface area contributed by atoms with Gasteiger partial charge in [-0.2, -0.15) is 0 Å². The van der Waals surface area contributed by atoms with Gasteiger partial charge in [0.05, 0.1) is 17.6 Å². The van der Waals surface area contributed by atoms with Gasteiger partial charge in [0.2, 0.25) is 5.91 Å². The lowest BCUT2D eigenvalue weighted by molar-refractivity contribution is -0.131. The van der Waals surface area contributed by atoms with Crippen molar-refractivity contribution in [3.8, 4) is 0 Å². The molecule has 2 aliphatic heterocycles. The van der Waals surface area contributed by atoms with Crippen molar-refractivity contribution in [3.63, 3.8) is 0 Å². The van der Waals surface area contributed by atoms with Crippen molar-refractivity contribution in [2.45, 2.75) is 38.0 Å². The summed E-state index contributed by atoms with van der Waals surface area (Å²) in [4.78, 5) is 17.9. The molecule has 4 nitrogen and oxygen atoms in total. The Morgan fingerprint density at radius 1 is 1.38 bits per heavy atom. The number of nitrogens with zero attached hydrogens (tertiary/aromatic N) is 3. The molecule has 2 unspecified atom stereocenters. The van der Waals surface area contributed by atoms with Crippen LogP contribution in [0.2, 0.25) is 5.02 Å². The van der Waals surface area contributed by atoms with E-state index in [0.29, 0.717) is 24.4 Å². The molecule has 2 aromatic heterocycles. The number of alkyl halides is 1. The molecule has 2 aliphatic rings. The molecule has 0 radical (unpaired) electrons. The van der Waals surface area contributed by atoms with Gasteiger partial charge in [-0.3, -0.25) is 4.79 Å². The summed E-state index contributed by atoms with van der Waals surface area (Å²) in [6.07, 6.45) is 2.46. The maximum absolute atomic E-state index is 14.6. The van der Waals surface area contributed by atoms with Crippen molar-refractivity contribution in [3.05, 3.63) is 29.0 Å². The van der Waals surface area contributed by atoms with Gasteiger partial charge in [0.15, 0.2) is 0 Å². The van der Waals surface area contributed by atoms with Crippen molar-refractivity contribution in [2.24, 2.45) is 0 Å². The van der Waals surface area contributed by atoms with Gasteiger partial charge in [0.1, 0.15) is 11.8 Å². The van der Waals surface area contributed by atoms with Crippen molar-refractivity contribution in [2.75, 3.05) is 6.54 Å². The molecule has 2 atom stereocenters. The number of hydrogen-bond acceptors (Lipinski definition) is 2. The van der Waals surface area contributed by atoms with E-state index in [4.69, 9.17) is 11.6 Å². The molecule has 110 valence electrons. The van der Waals surface area contributed by atoms with Gasteiger partial charge in [-0.05, 0) is 18.6 Å². The predicted molar refractivity (Wildman–Crippen MR) is 78.1 cm³/mol. The zero-order valence-electron chi connectivity index (χ0n) is 11.4. The summed E-state index contributed by atoms with van der Waals surface area (Å²) in [5, 5.41) is 1.51. The quantitative estimate of drug-likeness (QED) is 0.812. The summed E-state index contributed by atoms with van der Waals surface area (Å²) in [6.45, 7) is 0.927. The lowest BCUT2D eigenvalue weighted by atomic mass is 10.0. The number of fused-ring (bicyclic) bond motifs is 3. The number of amides is 1. The first kappa shape index (κ1) is 13.1. The molecule has 1 amide bonds. The Labute approximate surface area is 126 Å². The second-order valence-electron chi connectivity index (χ2n) is 5.79. The molecule has 4 rings (SSSR count). The topological polar surface area (TPSA) is 38.1 Å². The summed E-state index contributed by atoms with van der Waals surface area (Å²) < 4.78 is 16.5. The predicted octanol–water partition coefficient (Wildman–Crippen LogP) is 2.57. The van der Waals surface area contributed by atoms with E-state index in [1.54, 1.807) is 11.1 Å². The van der Waals surface area contributed by atoms with Gasteiger partial charge in [-0.25, -0.2) is 9.37 Å². The molecule has 0 aliphatic carbocycles. The van der Waals surface area contributed by atoms with E-state index in [-0.39, 0.29) is 18.5 Å². The molecule has 1 fully saturated rings. The standard InChI is InChI=1S/C15H15ClFN3O/c16-10-4-9-5-11-6-13(19-3-1-2-14(19)21)12(17)8-20(11)15(9)18-7-10/h4-5,7,12-13H,1-3,6,8H2. The molecule has 0 N–H and O–H groups in total. The minimum atomic E-state index is -1.05. The molecule has 0 spiro atoms. The first-order valence-electron chi connectivity index (χ1n) is 7.20. The highest BCUT2D eigenvalue weighted by Crippen LogP contribution is 2.30. The van der Waals surface area contributed by atoms with Crippen LogP contribution in [0, 0.1) is 0 Å². The smallest absolute Gasteiger partial charge is 0.222 e. The van der Waals surface area contributed by atoms with E-state index in [9.17, 15) is 9.18 Å². The molecule has 0 saturated carbocycles. The van der Waals surface area contributed by atoms with Gasteiger partial charge >= 0.3 is 0 Å². The normalized spacial score (nSPS) is 25.6. The SMILES string of the molecule is O=C1CCCN1C1Cc2cc3cc(Cl)cnc3n2CC1F. The molecule has 2 aromatic rings. The molecule has 0 aromatic carbocycles. The summed E-state index contributed by atoms with van der Waals surface area (Å²) in [5.41, 5.74) is 1.79. The van der Waals surface area contributed by atoms with Crippen LogP contribution >= 0.6 is 11.6 Å². The Kier molecular flexibility index (Phi) is 2.92. The van der Waals surface area contributed by atoms with Crippen molar-refractivity contribution >= 4 is 28.5 Å². The van der Waals surface area contributed by atoms with Crippen molar-refractivity contribution < 1.29 is 9.18 Å². The van der Waals surface area contributed by atoms with E-state index in [2.05, 4.69) is 4.98 Å². The van der Waals surface area contributed by atoms with Crippen LogP contribution in [0.1, 0.15) is 18.5 Å². The number of carbonyl (C=O) groups excluding carboxylic acids is 1. The minimum absolute atomic E-state index is 0.0772. The van der Waals surface area contributed by atoms with Crippen molar-refractivity contribution in [1.82, 2.24) is 14.5 Å². The van der Waals surface area contributed by atoms with Crippen LogP contribution in [-0.2, 0) is 17.8 Å². The first-order valence-corrected chi connectivity index (χ1v) is 7.58. The largest absolute Gasteiger partial charge is 0.336 e. The lowest BCUT2D eigenvalue weighted by Crippen LogP contribution is -2.48. The van der Waals surface area contributed by atoms with Crippen LogP contribution in [0.5, 0.6) is 0 Å². The number of carbonyl (C=O) groups is 1. The van der Waals surface area contributed by atoms with Crippen LogP contribution in [-0.4, -0.2) is 39.1 Å². The first-order chi connectivity index (χ1) is 10.1. The Balaban J connectivity index is 1.73. The summed E-state index contributed by atoms with van der Waals surface area (Å²) in [6, 6.07) is 3.51. The maximum atomic E-state index is 14.6. The summed E-state index contributed by atoms with van der Waals surface area (Å²) >= 11 is 5.96. The average Bonchev–Trinajstić information content (AvgIpc) is 3.00. The number of rotatable bonds is 1. The monoisotopic (exact) mass is 307 g/mol. The van der Waals surface area contributed by atoms with E-state index >= 15 is 0 Å². The number of likely N-dealkylation sites (tertiary alicyclic amines) is 1. The fourth-order valence-corrected chi connectivity index (χ4v) is 3.68. The van der Waals surface area contributed by atoms with Crippen LogP contribution in [0.3, 0.4) is 0 Å². The van der Waals surface area contributed by atoms with E-state index in [1.165, 1.54) is 0 Å². The molecule has 21 heavy (non-hydrogen) atoms. The second-order valence-corrected chi connectivity index (χ2v) is 6.23.